The molecular formula is C17H22N2O2. The van der Waals surface area contributed by atoms with Crippen LogP contribution in [-0.2, 0) is 0 Å². The summed E-state index contributed by atoms with van der Waals surface area (Å²) in [6, 6.07) is 10.0. The summed E-state index contributed by atoms with van der Waals surface area (Å²) in [5, 5.41) is 2.88. The molecule has 1 aromatic carbocycles. The van der Waals surface area contributed by atoms with E-state index in [-0.39, 0.29) is 5.91 Å². The fourth-order valence-electron chi connectivity index (χ4n) is 2.40. The van der Waals surface area contributed by atoms with Crippen LogP contribution in [0.15, 0.2) is 41.0 Å². The van der Waals surface area contributed by atoms with Crippen LogP contribution in [0.2, 0.25) is 0 Å². The molecule has 0 bridgehead atoms. The topological polar surface area (TPSA) is 45.5 Å². The number of amides is 1. The van der Waals surface area contributed by atoms with Crippen LogP contribution in [0, 0.1) is 6.92 Å². The Morgan fingerprint density at radius 1 is 1.24 bits per heavy atom. The molecule has 1 aromatic heterocycles. The highest BCUT2D eigenvalue weighted by Crippen LogP contribution is 2.20. The quantitative estimate of drug-likeness (QED) is 0.901. The van der Waals surface area contributed by atoms with Gasteiger partial charge >= 0.3 is 0 Å². The predicted molar refractivity (Wildman–Crippen MR) is 86.0 cm³/mol. The van der Waals surface area contributed by atoms with Gasteiger partial charge in [0, 0.05) is 24.0 Å². The highest BCUT2D eigenvalue weighted by atomic mass is 16.3. The van der Waals surface area contributed by atoms with Crippen molar-refractivity contribution in [3.05, 3.63) is 47.9 Å². The van der Waals surface area contributed by atoms with Gasteiger partial charge in [-0.3, -0.25) is 4.79 Å². The average molecular weight is 286 g/mol. The number of carbonyl (C=O) groups excluding carboxylic acids is 1. The molecule has 1 heterocycles. The third-order valence-electron chi connectivity index (χ3n) is 3.52. The third-order valence-corrected chi connectivity index (χ3v) is 3.52. The molecule has 0 radical (unpaired) electrons. The Kier molecular flexibility index (Phi) is 4.68. The summed E-state index contributed by atoms with van der Waals surface area (Å²) in [6.07, 6.45) is 1.52. The van der Waals surface area contributed by atoms with Gasteiger partial charge in [0.05, 0.1) is 11.8 Å². The second-order valence-electron chi connectivity index (χ2n) is 5.27. The number of rotatable bonds is 5. The number of aryl methyl sites for hydroxylation is 1. The maximum atomic E-state index is 12.1. The van der Waals surface area contributed by atoms with E-state index in [2.05, 4.69) is 31.0 Å². The van der Waals surface area contributed by atoms with Crippen molar-refractivity contribution in [3.63, 3.8) is 0 Å². The first-order valence-electron chi connectivity index (χ1n) is 7.25. The predicted octanol–water partition coefficient (Wildman–Crippen LogP) is 4.08. The minimum absolute atomic E-state index is 0.148. The van der Waals surface area contributed by atoms with E-state index in [4.69, 9.17) is 4.42 Å². The van der Waals surface area contributed by atoms with Crippen molar-refractivity contribution < 1.29 is 9.21 Å². The second kappa shape index (κ2) is 6.48. The number of nitrogens with one attached hydrogen (secondary N) is 1. The molecule has 0 aliphatic heterocycles. The van der Waals surface area contributed by atoms with Crippen molar-refractivity contribution in [1.82, 2.24) is 0 Å². The molecule has 1 N–H and O–H groups in total. The molecule has 0 unspecified atom stereocenters. The Morgan fingerprint density at radius 2 is 1.90 bits per heavy atom. The Labute approximate surface area is 125 Å². The lowest BCUT2D eigenvalue weighted by Crippen LogP contribution is -2.30. The molecule has 0 aliphatic rings. The van der Waals surface area contributed by atoms with E-state index >= 15 is 0 Å². The van der Waals surface area contributed by atoms with Crippen molar-refractivity contribution in [1.29, 1.82) is 0 Å². The molecule has 0 fully saturated rings. The molecule has 0 saturated heterocycles. The zero-order valence-corrected chi connectivity index (χ0v) is 13.0. The van der Waals surface area contributed by atoms with Gasteiger partial charge in [-0.05, 0) is 58.0 Å². The highest BCUT2D eigenvalue weighted by Gasteiger charge is 2.12. The lowest BCUT2D eigenvalue weighted by atomic mass is 10.2. The van der Waals surface area contributed by atoms with Crippen LogP contribution in [0.4, 0.5) is 11.4 Å². The Morgan fingerprint density at radius 3 is 2.38 bits per heavy atom. The number of hydrogen-bond donors (Lipinski definition) is 1. The van der Waals surface area contributed by atoms with Crippen LogP contribution in [0.3, 0.4) is 0 Å². The summed E-state index contributed by atoms with van der Waals surface area (Å²) in [4.78, 5) is 14.4. The van der Waals surface area contributed by atoms with Gasteiger partial charge in [0.2, 0.25) is 0 Å². The molecule has 2 rings (SSSR count). The Bertz CT molecular complexity index is 600. The second-order valence-corrected chi connectivity index (χ2v) is 5.27. The van der Waals surface area contributed by atoms with Gasteiger partial charge in [0.1, 0.15) is 5.76 Å². The van der Waals surface area contributed by atoms with Gasteiger partial charge in [-0.1, -0.05) is 0 Å². The van der Waals surface area contributed by atoms with E-state index in [0.29, 0.717) is 17.4 Å². The van der Waals surface area contributed by atoms with Crippen molar-refractivity contribution in [2.75, 3.05) is 16.8 Å². The summed E-state index contributed by atoms with van der Waals surface area (Å²) in [7, 11) is 0. The first kappa shape index (κ1) is 15.2. The smallest absolute Gasteiger partial charge is 0.259 e. The summed E-state index contributed by atoms with van der Waals surface area (Å²) in [5.41, 5.74) is 2.51. The number of anilines is 2. The lowest BCUT2D eigenvalue weighted by molar-refractivity contribution is 0.102. The summed E-state index contributed by atoms with van der Waals surface area (Å²) in [6.45, 7) is 9.20. The maximum Gasteiger partial charge on any atom is 0.259 e. The number of nitrogens with zero attached hydrogens (tertiary/aromatic N) is 1. The molecule has 2 aromatic rings. The normalized spacial score (nSPS) is 10.7. The zero-order chi connectivity index (χ0) is 15.4. The maximum absolute atomic E-state index is 12.1. The fourth-order valence-corrected chi connectivity index (χ4v) is 2.40. The van der Waals surface area contributed by atoms with Crippen LogP contribution in [-0.4, -0.2) is 18.5 Å². The molecule has 4 heteroatoms. The first-order chi connectivity index (χ1) is 10.0. The summed E-state index contributed by atoms with van der Waals surface area (Å²) in [5.74, 6) is 0.478. The molecule has 0 spiro atoms. The lowest BCUT2D eigenvalue weighted by Gasteiger charge is -2.27. The molecule has 0 aliphatic carbocycles. The van der Waals surface area contributed by atoms with Crippen LogP contribution >= 0.6 is 0 Å². The third kappa shape index (κ3) is 3.45. The number of carbonyl (C=O) groups is 1. The van der Waals surface area contributed by atoms with Gasteiger partial charge in [0.15, 0.2) is 0 Å². The van der Waals surface area contributed by atoms with Crippen LogP contribution in [0.5, 0.6) is 0 Å². The summed E-state index contributed by atoms with van der Waals surface area (Å²) >= 11 is 0. The number of benzene rings is 1. The number of hydrogen-bond acceptors (Lipinski definition) is 3. The van der Waals surface area contributed by atoms with E-state index in [1.807, 2.05) is 24.3 Å². The van der Waals surface area contributed by atoms with E-state index in [1.165, 1.54) is 6.26 Å². The van der Waals surface area contributed by atoms with E-state index in [0.717, 1.165) is 17.9 Å². The molecular weight excluding hydrogens is 264 g/mol. The van der Waals surface area contributed by atoms with Crippen molar-refractivity contribution >= 4 is 17.3 Å². The van der Waals surface area contributed by atoms with Crippen LogP contribution < -0.4 is 10.2 Å². The standard InChI is InChI=1S/C17H22N2O2/c1-5-19(12(2)3)15-8-6-14(7-9-15)18-17(20)16-10-11-21-13(16)4/h6-12H,5H2,1-4H3,(H,18,20). The average Bonchev–Trinajstić information content (AvgIpc) is 2.87. The largest absolute Gasteiger partial charge is 0.469 e. The van der Waals surface area contributed by atoms with E-state index in [1.54, 1.807) is 13.0 Å². The molecule has 1 amide bonds. The molecule has 0 saturated carbocycles. The molecule has 112 valence electrons. The van der Waals surface area contributed by atoms with E-state index in [9.17, 15) is 4.79 Å². The van der Waals surface area contributed by atoms with Crippen molar-refractivity contribution in [2.24, 2.45) is 0 Å². The monoisotopic (exact) mass is 286 g/mol. The minimum Gasteiger partial charge on any atom is -0.469 e. The molecule has 4 nitrogen and oxygen atoms in total. The minimum atomic E-state index is -0.148. The van der Waals surface area contributed by atoms with Crippen molar-refractivity contribution in [2.45, 2.75) is 33.7 Å². The van der Waals surface area contributed by atoms with Crippen LogP contribution in [0.1, 0.15) is 36.9 Å². The zero-order valence-electron chi connectivity index (χ0n) is 13.0. The Hall–Kier alpha value is -2.23. The van der Waals surface area contributed by atoms with Gasteiger partial charge in [0.25, 0.3) is 5.91 Å². The fraction of sp³-hybridized carbons (Fsp3) is 0.353. The van der Waals surface area contributed by atoms with Gasteiger partial charge in [-0.25, -0.2) is 0 Å². The van der Waals surface area contributed by atoms with E-state index < -0.39 is 0 Å². The van der Waals surface area contributed by atoms with Gasteiger partial charge in [-0.15, -0.1) is 0 Å². The molecule has 0 atom stereocenters. The first-order valence-corrected chi connectivity index (χ1v) is 7.25. The number of furan rings is 1. The van der Waals surface area contributed by atoms with Gasteiger partial charge < -0.3 is 14.6 Å². The SMILES string of the molecule is CCN(c1ccc(NC(=O)c2ccoc2C)cc1)C(C)C. The Balaban J connectivity index is 2.09. The highest BCUT2D eigenvalue weighted by molar-refractivity contribution is 6.04. The van der Waals surface area contributed by atoms with Gasteiger partial charge in [-0.2, -0.15) is 0 Å². The van der Waals surface area contributed by atoms with Crippen LogP contribution in [0.25, 0.3) is 0 Å². The molecule has 21 heavy (non-hydrogen) atoms. The van der Waals surface area contributed by atoms with Crippen molar-refractivity contribution in [3.8, 4) is 0 Å². The summed E-state index contributed by atoms with van der Waals surface area (Å²) < 4.78 is 5.15.